The van der Waals surface area contributed by atoms with Crippen LogP contribution in [0.4, 0.5) is 0 Å². The standard InChI is InChI=1S/C7H7ClO.HNO2S/c1-9-7-4-2-6(8)3-5-7;1-4(2)3/h2-5H,1H3;1H. The van der Waals surface area contributed by atoms with Crippen LogP contribution in [0, 0.1) is 4.78 Å². The van der Waals surface area contributed by atoms with Crippen molar-refractivity contribution in [1.82, 2.24) is 0 Å². The van der Waals surface area contributed by atoms with E-state index in [9.17, 15) is 0 Å². The highest BCUT2D eigenvalue weighted by Crippen LogP contribution is 2.14. The molecule has 0 fully saturated rings. The summed E-state index contributed by atoms with van der Waals surface area (Å²) in [5.41, 5.74) is 0. The van der Waals surface area contributed by atoms with Crippen molar-refractivity contribution in [2.24, 2.45) is 0 Å². The largest absolute Gasteiger partial charge is 0.497 e. The molecule has 1 rings (SSSR count). The summed E-state index contributed by atoms with van der Waals surface area (Å²) in [6.45, 7) is 0. The second-order valence-electron chi connectivity index (χ2n) is 1.89. The Hall–Kier alpha value is -1.07. The zero-order chi connectivity index (χ0) is 10.3. The smallest absolute Gasteiger partial charge is 0.308 e. The van der Waals surface area contributed by atoms with Crippen molar-refractivity contribution in [3.05, 3.63) is 29.3 Å². The molecule has 72 valence electrons. The molecule has 1 aromatic carbocycles. The van der Waals surface area contributed by atoms with E-state index in [1.54, 1.807) is 19.2 Å². The molecular weight excluding hydrogens is 214 g/mol. The molecule has 0 aliphatic rings. The van der Waals surface area contributed by atoms with E-state index in [2.05, 4.69) is 0 Å². The molecule has 0 atom stereocenters. The maximum Gasteiger partial charge on any atom is 0.308 e. The third kappa shape index (κ3) is 7.30. The second-order valence-corrected chi connectivity index (χ2v) is 2.80. The van der Waals surface area contributed by atoms with Crippen LogP contribution in [0.1, 0.15) is 0 Å². The number of ether oxygens (including phenoxy) is 1. The Labute approximate surface area is 82.6 Å². The van der Waals surface area contributed by atoms with Gasteiger partial charge in [0.2, 0.25) is 0 Å². The van der Waals surface area contributed by atoms with Gasteiger partial charge in [-0.15, -0.1) is 0 Å². The van der Waals surface area contributed by atoms with Crippen LogP contribution in [0.3, 0.4) is 0 Å². The lowest BCUT2D eigenvalue weighted by molar-refractivity contribution is 0.415. The Balaban J connectivity index is 0.000000310. The molecule has 6 heteroatoms. The van der Waals surface area contributed by atoms with Gasteiger partial charge in [-0.25, -0.2) is 0 Å². The molecule has 0 heterocycles. The first kappa shape index (κ1) is 11.9. The van der Waals surface area contributed by atoms with Crippen molar-refractivity contribution in [3.63, 3.8) is 0 Å². The van der Waals surface area contributed by atoms with E-state index < -0.39 is 10.5 Å². The SMILES string of the molecule is COc1ccc(Cl)cc1.N=S(=O)=O. The molecule has 0 aliphatic carbocycles. The van der Waals surface area contributed by atoms with E-state index in [-0.39, 0.29) is 0 Å². The van der Waals surface area contributed by atoms with E-state index in [4.69, 9.17) is 29.5 Å². The summed E-state index contributed by atoms with van der Waals surface area (Å²) in [6.07, 6.45) is 0. The van der Waals surface area contributed by atoms with E-state index in [0.717, 1.165) is 10.8 Å². The fourth-order valence-corrected chi connectivity index (χ4v) is 0.697. The fourth-order valence-electron chi connectivity index (χ4n) is 0.571. The Morgan fingerprint density at radius 3 is 2.00 bits per heavy atom. The van der Waals surface area contributed by atoms with Gasteiger partial charge >= 0.3 is 10.5 Å². The maximum absolute atomic E-state index is 8.67. The average Bonchev–Trinajstić information content (AvgIpc) is 2.05. The van der Waals surface area contributed by atoms with Crippen LogP contribution in [0.5, 0.6) is 5.75 Å². The number of benzene rings is 1. The average molecular weight is 222 g/mol. The summed E-state index contributed by atoms with van der Waals surface area (Å²) in [7, 11) is -0.983. The molecular formula is C7H8ClNO3S. The minimum absolute atomic E-state index is 0.732. The number of rotatable bonds is 1. The van der Waals surface area contributed by atoms with Crippen LogP contribution >= 0.6 is 11.6 Å². The highest BCUT2D eigenvalue weighted by molar-refractivity contribution is 7.60. The molecule has 1 N–H and O–H groups in total. The molecule has 0 bridgehead atoms. The molecule has 4 nitrogen and oxygen atoms in total. The van der Waals surface area contributed by atoms with Crippen LogP contribution < -0.4 is 4.74 Å². The van der Waals surface area contributed by atoms with Gasteiger partial charge in [-0.1, -0.05) is 11.6 Å². The normalized spacial score (nSPS) is 8.15. The first-order chi connectivity index (χ1) is 6.06. The number of nitrogens with one attached hydrogen (secondary N) is 1. The zero-order valence-corrected chi connectivity index (χ0v) is 8.39. The van der Waals surface area contributed by atoms with Gasteiger partial charge in [0.1, 0.15) is 5.75 Å². The first-order valence-corrected chi connectivity index (χ1v) is 4.61. The maximum atomic E-state index is 8.67. The highest BCUT2D eigenvalue weighted by Gasteiger charge is 1.87. The lowest BCUT2D eigenvalue weighted by Crippen LogP contribution is -1.79. The van der Waals surface area contributed by atoms with Gasteiger partial charge in [0, 0.05) is 5.02 Å². The summed E-state index contributed by atoms with van der Waals surface area (Å²) in [5.74, 6) is 0.833. The molecule has 13 heavy (non-hydrogen) atoms. The quantitative estimate of drug-likeness (QED) is 0.789. The minimum Gasteiger partial charge on any atom is -0.497 e. The minimum atomic E-state index is -2.61. The Morgan fingerprint density at radius 2 is 1.69 bits per heavy atom. The highest BCUT2D eigenvalue weighted by atomic mass is 35.5. The monoisotopic (exact) mass is 221 g/mol. The van der Waals surface area contributed by atoms with Crippen molar-refractivity contribution < 1.29 is 13.2 Å². The number of hydrogen-bond donors (Lipinski definition) is 1. The van der Waals surface area contributed by atoms with Gasteiger partial charge in [-0.3, -0.25) is 0 Å². The second kappa shape index (κ2) is 6.45. The van der Waals surface area contributed by atoms with Crippen molar-refractivity contribution in [2.75, 3.05) is 7.11 Å². The number of hydrogen-bond acceptors (Lipinski definition) is 4. The number of halogens is 1. The molecule has 0 saturated heterocycles. The molecule has 0 radical (unpaired) electrons. The third-order valence-electron chi connectivity index (χ3n) is 1.05. The first-order valence-electron chi connectivity index (χ1n) is 3.16. The van der Waals surface area contributed by atoms with Gasteiger partial charge < -0.3 is 4.74 Å². The van der Waals surface area contributed by atoms with Gasteiger partial charge in [0.25, 0.3) is 0 Å². The van der Waals surface area contributed by atoms with Gasteiger partial charge in [0.05, 0.1) is 7.11 Å². The van der Waals surface area contributed by atoms with Crippen molar-refractivity contribution in [2.45, 2.75) is 0 Å². The Morgan fingerprint density at radius 1 is 1.31 bits per heavy atom. The van der Waals surface area contributed by atoms with Gasteiger partial charge in [0.15, 0.2) is 0 Å². The van der Waals surface area contributed by atoms with E-state index in [1.165, 1.54) is 0 Å². The van der Waals surface area contributed by atoms with Crippen molar-refractivity contribution in [1.29, 1.82) is 4.78 Å². The van der Waals surface area contributed by atoms with Crippen LogP contribution in [-0.2, 0) is 10.5 Å². The van der Waals surface area contributed by atoms with Gasteiger partial charge in [-0.05, 0) is 24.3 Å². The van der Waals surface area contributed by atoms with Crippen molar-refractivity contribution >= 4 is 22.1 Å². The topological polar surface area (TPSA) is 67.2 Å². The zero-order valence-electron chi connectivity index (χ0n) is 6.82. The van der Waals surface area contributed by atoms with E-state index in [1.807, 2.05) is 12.1 Å². The van der Waals surface area contributed by atoms with Crippen LogP contribution in [-0.4, -0.2) is 15.5 Å². The summed E-state index contributed by atoms with van der Waals surface area (Å²) in [5, 5.41) is 0.732. The van der Waals surface area contributed by atoms with Crippen LogP contribution in [0.15, 0.2) is 24.3 Å². The fraction of sp³-hybridized carbons (Fsp3) is 0.143. The molecule has 0 aromatic heterocycles. The Bertz CT molecular complexity index is 338. The molecule has 1 aromatic rings. The summed E-state index contributed by atoms with van der Waals surface area (Å²) < 4.78 is 27.7. The van der Waals surface area contributed by atoms with Crippen LogP contribution in [0.25, 0.3) is 0 Å². The summed E-state index contributed by atoms with van der Waals surface area (Å²) >= 11 is 5.61. The summed E-state index contributed by atoms with van der Waals surface area (Å²) in [6, 6.07) is 7.23. The number of methoxy groups -OCH3 is 1. The van der Waals surface area contributed by atoms with E-state index >= 15 is 0 Å². The molecule has 0 unspecified atom stereocenters. The van der Waals surface area contributed by atoms with Gasteiger partial charge in [-0.2, -0.15) is 13.2 Å². The lowest BCUT2D eigenvalue weighted by atomic mass is 10.3. The predicted molar refractivity (Wildman–Crippen MR) is 49.6 cm³/mol. The summed E-state index contributed by atoms with van der Waals surface area (Å²) in [4.78, 5) is 0. The molecule has 0 aliphatic heterocycles. The van der Waals surface area contributed by atoms with Crippen LogP contribution in [0.2, 0.25) is 5.02 Å². The molecule has 0 spiro atoms. The van der Waals surface area contributed by atoms with E-state index in [0.29, 0.717) is 0 Å². The van der Waals surface area contributed by atoms with Crippen molar-refractivity contribution in [3.8, 4) is 5.75 Å². The lowest BCUT2D eigenvalue weighted by Gasteiger charge is -1.96. The molecule has 0 saturated carbocycles. The predicted octanol–water partition coefficient (Wildman–Crippen LogP) is 1.98. The third-order valence-corrected chi connectivity index (χ3v) is 1.30. The molecule has 0 amide bonds. The Kier molecular flexibility index (Phi) is 5.92.